The summed E-state index contributed by atoms with van der Waals surface area (Å²) in [4.78, 5) is 2.38. The van der Waals surface area contributed by atoms with Crippen molar-refractivity contribution in [1.82, 2.24) is 4.90 Å². The van der Waals surface area contributed by atoms with E-state index in [4.69, 9.17) is 0 Å². The van der Waals surface area contributed by atoms with Gasteiger partial charge in [-0.25, -0.2) is 0 Å². The van der Waals surface area contributed by atoms with E-state index in [0.717, 1.165) is 18.2 Å². The molecule has 1 nitrogen and oxygen atoms in total. The van der Waals surface area contributed by atoms with Gasteiger partial charge in [0.1, 0.15) is 0 Å². The highest BCUT2D eigenvalue weighted by Crippen LogP contribution is 2.57. The van der Waals surface area contributed by atoms with Crippen LogP contribution in [0.4, 0.5) is 0 Å². The Morgan fingerprint density at radius 1 is 1.35 bits per heavy atom. The van der Waals surface area contributed by atoms with Crippen molar-refractivity contribution in [3.05, 3.63) is 12.3 Å². The average molecular weight is 231 g/mol. The normalized spacial score (nSPS) is 32.0. The predicted octanol–water partition coefficient (Wildman–Crippen LogP) is 3.67. The molecule has 94 valence electrons. The zero-order chi connectivity index (χ0) is 12.7. The fourth-order valence-electron chi connectivity index (χ4n) is 3.32. The van der Waals surface area contributed by atoms with E-state index in [1.807, 2.05) is 6.92 Å². The van der Waals surface area contributed by atoms with Crippen molar-refractivity contribution in [2.75, 3.05) is 13.1 Å². The highest BCUT2D eigenvalue weighted by molar-refractivity contribution is 5.25. The van der Waals surface area contributed by atoms with Crippen molar-refractivity contribution in [3.8, 4) is 11.8 Å². The molecule has 0 aromatic carbocycles. The van der Waals surface area contributed by atoms with Crippen molar-refractivity contribution in [2.45, 2.75) is 47.0 Å². The zero-order valence-corrected chi connectivity index (χ0v) is 11.8. The fourth-order valence-corrected chi connectivity index (χ4v) is 3.32. The Labute approximate surface area is 106 Å². The van der Waals surface area contributed by atoms with Gasteiger partial charge in [-0.05, 0) is 42.9 Å². The maximum absolute atomic E-state index is 4.07. The first kappa shape index (κ1) is 12.6. The van der Waals surface area contributed by atoms with Crippen LogP contribution >= 0.6 is 0 Å². The van der Waals surface area contributed by atoms with Gasteiger partial charge in [-0.3, -0.25) is 0 Å². The molecule has 0 amide bonds. The number of hydrogen-bond donors (Lipinski definition) is 0. The van der Waals surface area contributed by atoms with Crippen molar-refractivity contribution in [2.24, 2.45) is 16.7 Å². The summed E-state index contributed by atoms with van der Waals surface area (Å²) in [6.07, 6.45) is 4.14. The topological polar surface area (TPSA) is 3.24 Å². The highest BCUT2D eigenvalue weighted by Gasteiger charge is 2.51. The molecule has 0 N–H and O–H groups in total. The Bertz CT molecular complexity index is 369. The van der Waals surface area contributed by atoms with Gasteiger partial charge in [0.15, 0.2) is 0 Å². The molecule has 1 heterocycles. The SMILES string of the molecule is C=C(C#CC)N1CCC2(CC(C(C)(C)C)C2)C1. The van der Waals surface area contributed by atoms with Gasteiger partial charge in [0.2, 0.25) is 0 Å². The van der Waals surface area contributed by atoms with Crippen LogP contribution in [0.5, 0.6) is 0 Å². The van der Waals surface area contributed by atoms with Crippen molar-refractivity contribution in [3.63, 3.8) is 0 Å². The fraction of sp³-hybridized carbons (Fsp3) is 0.750. The van der Waals surface area contributed by atoms with E-state index in [-0.39, 0.29) is 0 Å². The zero-order valence-electron chi connectivity index (χ0n) is 11.8. The van der Waals surface area contributed by atoms with E-state index < -0.39 is 0 Å². The lowest BCUT2D eigenvalue weighted by Gasteiger charge is -2.51. The summed E-state index contributed by atoms with van der Waals surface area (Å²) in [6, 6.07) is 0. The Kier molecular flexibility index (Phi) is 3.02. The molecule has 2 rings (SSSR count). The van der Waals surface area contributed by atoms with Gasteiger partial charge in [0.05, 0.1) is 5.70 Å². The summed E-state index contributed by atoms with van der Waals surface area (Å²) >= 11 is 0. The van der Waals surface area contributed by atoms with Crippen molar-refractivity contribution >= 4 is 0 Å². The van der Waals surface area contributed by atoms with Gasteiger partial charge in [-0.15, -0.1) is 0 Å². The smallest absolute Gasteiger partial charge is 0.0806 e. The largest absolute Gasteiger partial charge is 0.365 e. The average Bonchev–Trinajstić information content (AvgIpc) is 2.58. The summed E-state index contributed by atoms with van der Waals surface area (Å²) in [7, 11) is 0. The molecular formula is C16H25N. The van der Waals surface area contributed by atoms with Gasteiger partial charge >= 0.3 is 0 Å². The lowest BCUT2D eigenvalue weighted by atomic mass is 9.54. The standard InChI is InChI=1S/C16H25N/c1-6-7-13(2)17-9-8-16(12-17)10-14(11-16)15(3,4)5/h14H,2,8-12H2,1,3-5H3. The summed E-state index contributed by atoms with van der Waals surface area (Å²) in [5.74, 6) is 6.96. The molecule has 1 aliphatic carbocycles. The van der Waals surface area contributed by atoms with Gasteiger partial charge in [0.25, 0.3) is 0 Å². The third-order valence-electron chi connectivity index (χ3n) is 4.67. The van der Waals surface area contributed by atoms with Gasteiger partial charge < -0.3 is 4.90 Å². The number of allylic oxidation sites excluding steroid dienone is 1. The Balaban J connectivity index is 1.92. The van der Waals surface area contributed by atoms with Crippen LogP contribution in [0.3, 0.4) is 0 Å². The molecule has 1 aliphatic heterocycles. The third kappa shape index (κ3) is 2.37. The van der Waals surface area contributed by atoms with Crippen LogP contribution in [0.15, 0.2) is 12.3 Å². The van der Waals surface area contributed by atoms with Crippen molar-refractivity contribution < 1.29 is 0 Å². The number of hydrogen-bond acceptors (Lipinski definition) is 1. The maximum Gasteiger partial charge on any atom is 0.0806 e. The van der Waals surface area contributed by atoms with E-state index in [1.165, 1.54) is 25.8 Å². The van der Waals surface area contributed by atoms with E-state index in [2.05, 4.69) is 44.1 Å². The van der Waals surface area contributed by atoms with Gasteiger partial charge in [-0.1, -0.05) is 39.2 Å². The molecule has 0 aromatic heterocycles. The number of likely N-dealkylation sites (tertiary alicyclic amines) is 1. The molecule has 2 aliphatic rings. The Morgan fingerprint density at radius 3 is 2.53 bits per heavy atom. The van der Waals surface area contributed by atoms with E-state index in [1.54, 1.807) is 0 Å². The predicted molar refractivity (Wildman–Crippen MR) is 73.4 cm³/mol. The summed E-state index contributed by atoms with van der Waals surface area (Å²) < 4.78 is 0. The van der Waals surface area contributed by atoms with Crippen LogP contribution in [0.2, 0.25) is 0 Å². The van der Waals surface area contributed by atoms with Crippen LogP contribution in [-0.2, 0) is 0 Å². The first-order chi connectivity index (χ1) is 7.86. The van der Waals surface area contributed by atoms with Gasteiger partial charge in [-0.2, -0.15) is 0 Å². The quantitative estimate of drug-likeness (QED) is 0.622. The first-order valence-electron chi connectivity index (χ1n) is 6.73. The molecule has 2 fully saturated rings. The molecule has 0 aromatic rings. The molecule has 17 heavy (non-hydrogen) atoms. The van der Waals surface area contributed by atoms with Crippen LogP contribution in [0, 0.1) is 28.6 Å². The summed E-state index contributed by atoms with van der Waals surface area (Å²) in [6.45, 7) is 15.4. The minimum Gasteiger partial charge on any atom is -0.365 e. The van der Waals surface area contributed by atoms with E-state index in [0.29, 0.717) is 10.8 Å². The lowest BCUT2D eigenvalue weighted by Crippen LogP contribution is -2.44. The molecule has 1 heteroatoms. The molecule has 0 unspecified atom stereocenters. The van der Waals surface area contributed by atoms with E-state index >= 15 is 0 Å². The monoisotopic (exact) mass is 231 g/mol. The van der Waals surface area contributed by atoms with Gasteiger partial charge in [0, 0.05) is 13.1 Å². The van der Waals surface area contributed by atoms with Crippen LogP contribution in [0.1, 0.15) is 47.0 Å². The Hall–Kier alpha value is -0.900. The lowest BCUT2D eigenvalue weighted by molar-refractivity contribution is -0.00361. The minimum atomic E-state index is 0.485. The second-order valence-corrected chi connectivity index (χ2v) is 6.96. The first-order valence-corrected chi connectivity index (χ1v) is 6.73. The van der Waals surface area contributed by atoms with Crippen LogP contribution in [0.25, 0.3) is 0 Å². The van der Waals surface area contributed by atoms with Crippen molar-refractivity contribution in [1.29, 1.82) is 0 Å². The van der Waals surface area contributed by atoms with Crippen LogP contribution in [-0.4, -0.2) is 18.0 Å². The van der Waals surface area contributed by atoms with E-state index in [9.17, 15) is 0 Å². The molecular weight excluding hydrogens is 206 g/mol. The summed E-state index contributed by atoms with van der Waals surface area (Å²) in [5.41, 5.74) is 2.10. The minimum absolute atomic E-state index is 0.485. The molecule has 1 saturated heterocycles. The second kappa shape index (κ2) is 4.09. The molecule has 0 bridgehead atoms. The molecule has 0 radical (unpaired) electrons. The highest BCUT2D eigenvalue weighted by atomic mass is 15.2. The van der Waals surface area contributed by atoms with Crippen LogP contribution < -0.4 is 0 Å². The molecule has 1 saturated carbocycles. The number of nitrogens with zero attached hydrogens (tertiary/aromatic N) is 1. The maximum atomic E-state index is 4.07. The second-order valence-electron chi connectivity index (χ2n) is 6.96. The number of rotatable bonds is 1. The summed E-state index contributed by atoms with van der Waals surface area (Å²) in [5, 5.41) is 0. The molecule has 0 atom stereocenters. The Morgan fingerprint density at radius 2 is 2.00 bits per heavy atom. The third-order valence-corrected chi connectivity index (χ3v) is 4.67. The molecule has 1 spiro atoms.